The molecule has 0 aromatic carbocycles. The van der Waals surface area contributed by atoms with Crippen molar-refractivity contribution >= 4 is 22.6 Å². The molecule has 0 saturated carbocycles. The molecule has 1 atom stereocenters. The van der Waals surface area contributed by atoms with Crippen LogP contribution in [-0.4, -0.2) is 23.4 Å². The number of hydrogen-bond donors (Lipinski definition) is 0. The van der Waals surface area contributed by atoms with Crippen LogP contribution in [0.5, 0.6) is 0 Å². The van der Waals surface area contributed by atoms with Crippen LogP contribution in [0.25, 0.3) is 0 Å². The van der Waals surface area contributed by atoms with Crippen LogP contribution >= 0.6 is 22.6 Å². The van der Waals surface area contributed by atoms with Gasteiger partial charge < -0.3 is 9.47 Å². The van der Waals surface area contributed by atoms with Crippen LogP contribution in [0.1, 0.15) is 46.0 Å². The maximum Gasteiger partial charge on any atom is 0.165 e. The zero-order valence-corrected chi connectivity index (χ0v) is 12.1. The molecular weight excluding hydrogens is 303 g/mol. The van der Waals surface area contributed by atoms with E-state index in [-0.39, 0.29) is 5.79 Å². The van der Waals surface area contributed by atoms with E-state index in [0.717, 1.165) is 25.6 Å². The van der Waals surface area contributed by atoms with Gasteiger partial charge in [-0.2, -0.15) is 0 Å². The number of hydrogen-bond acceptors (Lipinski definition) is 2. The predicted molar refractivity (Wildman–Crippen MR) is 71.4 cm³/mol. The van der Waals surface area contributed by atoms with Gasteiger partial charge in [0.05, 0.1) is 13.2 Å². The summed E-state index contributed by atoms with van der Waals surface area (Å²) in [6, 6.07) is 0. The van der Waals surface area contributed by atoms with Crippen LogP contribution in [0.4, 0.5) is 0 Å². The Balaban J connectivity index is 2.04. The van der Waals surface area contributed by atoms with Crippen molar-refractivity contribution in [2.75, 3.05) is 17.6 Å². The van der Waals surface area contributed by atoms with Crippen molar-refractivity contribution in [1.29, 1.82) is 0 Å². The quantitative estimate of drug-likeness (QED) is 0.524. The molecule has 0 N–H and O–H groups in total. The molecule has 1 saturated heterocycles. The Bertz CT molecular complexity index is 167. The molecule has 1 heterocycles. The third-order valence-corrected chi connectivity index (χ3v) is 3.82. The standard InChI is InChI=1S/C12H23IO2/c1-11(6-4-8-13)5-3-7-12(2)14-9-10-15-12/h11H,3-10H2,1-2H3. The van der Waals surface area contributed by atoms with E-state index >= 15 is 0 Å². The van der Waals surface area contributed by atoms with E-state index in [1.165, 1.54) is 30.1 Å². The van der Waals surface area contributed by atoms with Crippen molar-refractivity contribution in [2.24, 2.45) is 5.92 Å². The summed E-state index contributed by atoms with van der Waals surface area (Å²) in [5.41, 5.74) is 0. The highest BCUT2D eigenvalue weighted by Gasteiger charge is 2.30. The molecule has 0 amide bonds. The lowest BCUT2D eigenvalue weighted by atomic mass is 9.97. The summed E-state index contributed by atoms with van der Waals surface area (Å²) < 4.78 is 12.4. The molecule has 0 radical (unpaired) electrons. The summed E-state index contributed by atoms with van der Waals surface area (Å²) >= 11 is 2.45. The fraction of sp³-hybridized carbons (Fsp3) is 1.00. The summed E-state index contributed by atoms with van der Waals surface area (Å²) in [6.07, 6.45) is 6.28. The summed E-state index contributed by atoms with van der Waals surface area (Å²) in [5, 5.41) is 0. The van der Waals surface area contributed by atoms with E-state index in [0.29, 0.717) is 0 Å². The van der Waals surface area contributed by atoms with Crippen molar-refractivity contribution in [3.63, 3.8) is 0 Å². The highest BCUT2D eigenvalue weighted by molar-refractivity contribution is 14.1. The Morgan fingerprint density at radius 2 is 1.80 bits per heavy atom. The second kappa shape index (κ2) is 7.07. The normalized spacial score (nSPS) is 21.8. The molecule has 1 aliphatic rings. The minimum atomic E-state index is -0.275. The van der Waals surface area contributed by atoms with Gasteiger partial charge in [0.2, 0.25) is 0 Å². The topological polar surface area (TPSA) is 18.5 Å². The molecule has 90 valence electrons. The summed E-state index contributed by atoms with van der Waals surface area (Å²) in [5.74, 6) is 0.577. The molecule has 0 bridgehead atoms. The molecule has 1 aliphatic heterocycles. The fourth-order valence-electron chi connectivity index (χ4n) is 2.04. The first-order valence-electron chi connectivity index (χ1n) is 6.00. The van der Waals surface area contributed by atoms with Gasteiger partial charge in [-0.1, -0.05) is 35.9 Å². The van der Waals surface area contributed by atoms with Gasteiger partial charge in [-0.15, -0.1) is 0 Å². The first-order chi connectivity index (χ1) is 7.16. The third-order valence-electron chi connectivity index (χ3n) is 3.06. The van der Waals surface area contributed by atoms with Gasteiger partial charge in [-0.25, -0.2) is 0 Å². The summed E-state index contributed by atoms with van der Waals surface area (Å²) in [6.45, 7) is 5.95. The molecule has 15 heavy (non-hydrogen) atoms. The largest absolute Gasteiger partial charge is 0.348 e. The lowest BCUT2D eigenvalue weighted by Crippen LogP contribution is -2.25. The first-order valence-corrected chi connectivity index (χ1v) is 7.53. The summed E-state index contributed by atoms with van der Waals surface area (Å²) in [4.78, 5) is 0. The lowest BCUT2D eigenvalue weighted by Gasteiger charge is -2.22. The average Bonchev–Trinajstić information content (AvgIpc) is 2.62. The second-order valence-corrected chi connectivity index (χ2v) is 5.74. The monoisotopic (exact) mass is 326 g/mol. The molecule has 3 heteroatoms. The van der Waals surface area contributed by atoms with Gasteiger partial charge >= 0.3 is 0 Å². The summed E-state index contributed by atoms with van der Waals surface area (Å²) in [7, 11) is 0. The Hall–Kier alpha value is 0.650. The van der Waals surface area contributed by atoms with Crippen LogP contribution in [0.3, 0.4) is 0 Å². The van der Waals surface area contributed by atoms with E-state index in [9.17, 15) is 0 Å². The Morgan fingerprint density at radius 1 is 1.20 bits per heavy atom. The Kier molecular flexibility index (Phi) is 6.46. The predicted octanol–water partition coefficient (Wildman–Crippen LogP) is 3.77. The van der Waals surface area contributed by atoms with Crippen molar-refractivity contribution in [1.82, 2.24) is 0 Å². The van der Waals surface area contributed by atoms with E-state index in [2.05, 4.69) is 36.4 Å². The minimum Gasteiger partial charge on any atom is -0.348 e. The molecule has 0 aliphatic carbocycles. The van der Waals surface area contributed by atoms with Gasteiger partial charge in [0.1, 0.15) is 0 Å². The highest BCUT2D eigenvalue weighted by Crippen LogP contribution is 2.26. The molecule has 1 rings (SSSR count). The Labute approximate surface area is 107 Å². The van der Waals surface area contributed by atoms with Crippen LogP contribution in [0, 0.1) is 5.92 Å². The van der Waals surface area contributed by atoms with E-state index < -0.39 is 0 Å². The number of rotatable bonds is 7. The van der Waals surface area contributed by atoms with E-state index in [1.54, 1.807) is 0 Å². The van der Waals surface area contributed by atoms with E-state index in [4.69, 9.17) is 9.47 Å². The highest BCUT2D eigenvalue weighted by atomic mass is 127. The van der Waals surface area contributed by atoms with Crippen LogP contribution in [-0.2, 0) is 9.47 Å². The molecule has 0 aromatic rings. The van der Waals surface area contributed by atoms with Crippen LogP contribution in [0.2, 0.25) is 0 Å². The minimum absolute atomic E-state index is 0.275. The average molecular weight is 326 g/mol. The van der Waals surface area contributed by atoms with Gasteiger partial charge in [0.15, 0.2) is 5.79 Å². The molecule has 0 aromatic heterocycles. The SMILES string of the molecule is CC(CCCI)CCCC1(C)OCCO1. The zero-order valence-electron chi connectivity index (χ0n) is 9.93. The van der Waals surface area contributed by atoms with Crippen molar-refractivity contribution in [2.45, 2.75) is 51.7 Å². The van der Waals surface area contributed by atoms with Gasteiger partial charge in [0, 0.05) is 6.42 Å². The van der Waals surface area contributed by atoms with Gasteiger partial charge in [-0.05, 0) is 36.5 Å². The number of halogens is 1. The molecule has 1 fully saturated rings. The molecule has 1 unspecified atom stereocenters. The third kappa shape index (κ3) is 5.50. The second-order valence-electron chi connectivity index (χ2n) is 4.66. The fourth-order valence-corrected chi connectivity index (χ4v) is 2.48. The van der Waals surface area contributed by atoms with Crippen molar-refractivity contribution in [3.8, 4) is 0 Å². The molecular formula is C12H23IO2. The van der Waals surface area contributed by atoms with Gasteiger partial charge in [-0.3, -0.25) is 0 Å². The van der Waals surface area contributed by atoms with Crippen molar-refractivity contribution in [3.05, 3.63) is 0 Å². The van der Waals surface area contributed by atoms with E-state index in [1.807, 2.05) is 0 Å². The number of ether oxygens (including phenoxy) is 2. The molecule has 0 spiro atoms. The zero-order chi connectivity index (χ0) is 11.1. The maximum atomic E-state index is 5.58. The Morgan fingerprint density at radius 3 is 2.40 bits per heavy atom. The van der Waals surface area contributed by atoms with Crippen LogP contribution < -0.4 is 0 Å². The van der Waals surface area contributed by atoms with Gasteiger partial charge in [0.25, 0.3) is 0 Å². The van der Waals surface area contributed by atoms with Crippen LogP contribution in [0.15, 0.2) is 0 Å². The van der Waals surface area contributed by atoms with Crippen molar-refractivity contribution < 1.29 is 9.47 Å². The smallest absolute Gasteiger partial charge is 0.165 e. The maximum absolute atomic E-state index is 5.58. The molecule has 2 nitrogen and oxygen atoms in total. The lowest BCUT2D eigenvalue weighted by molar-refractivity contribution is -0.147. The first kappa shape index (κ1) is 13.7. The number of alkyl halides is 1.